The van der Waals surface area contributed by atoms with E-state index in [1.807, 2.05) is 0 Å². The van der Waals surface area contributed by atoms with Crippen molar-refractivity contribution in [2.75, 3.05) is 26.4 Å². The second kappa shape index (κ2) is 17.1. The van der Waals surface area contributed by atoms with Crippen LogP contribution < -0.4 is 18.9 Å². The average molecular weight is 691 g/mol. The van der Waals surface area contributed by atoms with Gasteiger partial charge in [-0.05, 0) is 85.6 Å². The van der Waals surface area contributed by atoms with E-state index in [0.717, 1.165) is 6.08 Å². The third-order valence-corrected chi connectivity index (χ3v) is 7.36. The molecule has 0 amide bonds. The van der Waals surface area contributed by atoms with Gasteiger partial charge in [0, 0.05) is 13.0 Å². The lowest BCUT2D eigenvalue weighted by atomic mass is 10.1. The molecule has 3 aromatic carbocycles. The van der Waals surface area contributed by atoms with Crippen molar-refractivity contribution in [3.63, 3.8) is 0 Å². The highest BCUT2D eigenvalue weighted by Gasteiger charge is 2.50. The molecule has 0 N–H and O–H groups in total. The van der Waals surface area contributed by atoms with Gasteiger partial charge in [0.2, 0.25) is 0 Å². The minimum absolute atomic E-state index is 0.0739. The predicted octanol–water partition coefficient (Wildman–Crippen LogP) is 4.63. The van der Waals surface area contributed by atoms with E-state index in [2.05, 4.69) is 6.58 Å². The lowest BCUT2D eigenvalue weighted by Gasteiger charge is -2.18. The van der Waals surface area contributed by atoms with E-state index in [4.69, 9.17) is 42.6 Å². The second-order valence-electron chi connectivity index (χ2n) is 11.0. The van der Waals surface area contributed by atoms with E-state index >= 15 is 0 Å². The van der Waals surface area contributed by atoms with Gasteiger partial charge < -0.3 is 42.6 Å². The van der Waals surface area contributed by atoms with Crippen molar-refractivity contribution in [2.45, 2.75) is 44.2 Å². The summed E-state index contributed by atoms with van der Waals surface area (Å²) in [6.45, 7) is 5.24. The van der Waals surface area contributed by atoms with E-state index in [1.165, 1.54) is 55.5 Å². The molecule has 0 radical (unpaired) electrons. The van der Waals surface area contributed by atoms with Crippen molar-refractivity contribution in [2.24, 2.45) is 0 Å². The third-order valence-electron chi connectivity index (χ3n) is 7.36. The number of fused-ring (bicyclic) bond motifs is 1. The van der Waals surface area contributed by atoms with Crippen molar-refractivity contribution < 1.29 is 66.6 Å². The zero-order valence-electron chi connectivity index (χ0n) is 27.0. The Labute approximate surface area is 286 Å². The largest absolute Gasteiger partial charge is 0.513 e. The van der Waals surface area contributed by atoms with Crippen LogP contribution in [0.15, 0.2) is 85.5 Å². The summed E-state index contributed by atoms with van der Waals surface area (Å²) in [7, 11) is 0. The SMILES string of the molecule is C=CC(=O)OCCCCOC(=O)Oc1ccc(C(=O)Oc2ccc(C(=O)O[C@@H]3COC4C(Oc5ccc(OC(C)=O)cc5)COC43)cc2)cc1. The Balaban J connectivity index is 1.03. The number of unbranched alkanes of at least 4 members (excludes halogenated alkanes) is 1. The van der Waals surface area contributed by atoms with Crippen LogP contribution in [0.25, 0.3) is 0 Å². The molecule has 14 heteroatoms. The molecular formula is C36H34O14. The van der Waals surface area contributed by atoms with Crippen molar-refractivity contribution in [1.82, 2.24) is 0 Å². The van der Waals surface area contributed by atoms with E-state index in [-0.39, 0.29) is 49.1 Å². The maximum atomic E-state index is 12.9. The maximum absolute atomic E-state index is 12.9. The molecule has 2 aliphatic heterocycles. The molecule has 0 aromatic heterocycles. The fraction of sp³-hybridized carbons (Fsp3) is 0.306. The van der Waals surface area contributed by atoms with Gasteiger partial charge in [0.1, 0.15) is 35.2 Å². The van der Waals surface area contributed by atoms with Gasteiger partial charge in [-0.15, -0.1) is 0 Å². The highest BCUT2D eigenvalue weighted by molar-refractivity contribution is 5.92. The Morgan fingerprint density at radius 3 is 1.78 bits per heavy atom. The molecule has 262 valence electrons. The van der Waals surface area contributed by atoms with E-state index in [0.29, 0.717) is 24.3 Å². The molecule has 14 nitrogen and oxygen atoms in total. The van der Waals surface area contributed by atoms with E-state index in [9.17, 15) is 24.0 Å². The molecule has 2 aliphatic rings. The number of hydrogen-bond donors (Lipinski definition) is 0. The van der Waals surface area contributed by atoms with Crippen LogP contribution in [0.2, 0.25) is 0 Å². The number of benzene rings is 3. The standard InChI is InChI=1S/C36H34O14/c1-3-31(38)42-18-4-5-19-43-36(41)49-28-12-8-23(9-13-28)34(39)48-27-10-6-24(7-11-27)35(40)50-30-21-45-32-29(20-44-33(30)32)47-26-16-14-25(15-17-26)46-22(2)37/h3,6-17,29-30,32-33H,1,4-5,18-21H2,2H3/t29?,30-,32?,33?/m1/s1. The lowest BCUT2D eigenvalue weighted by Crippen LogP contribution is -2.36. The predicted molar refractivity (Wildman–Crippen MR) is 171 cm³/mol. The van der Waals surface area contributed by atoms with Gasteiger partial charge in [0.05, 0.1) is 37.6 Å². The highest BCUT2D eigenvalue weighted by atomic mass is 16.7. The van der Waals surface area contributed by atoms with Crippen LogP contribution in [-0.2, 0) is 33.3 Å². The van der Waals surface area contributed by atoms with Crippen LogP contribution in [-0.4, -0.2) is 80.9 Å². The van der Waals surface area contributed by atoms with Crippen molar-refractivity contribution in [3.8, 4) is 23.0 Å². The number of esters is 4. The topological polar surface area (TPSA) is 168 Å². The molecule has 4 atom stereocenters. The van der Waals surface area contributed by atoms with Gasteiger partial charge in [-0.1, -0.05) is 6.58 Å². The van der Waals surface area contributed by atoms with Crippen LogP contribution >= 0.6 is 0 Å². The van der Waals surface area contributed by atoms with Crippen molar-refractivity contribution >= 4 is 30.0 Å². The van der Waals surface area contributed by atoms with Gasteiger partial charge in [-0.2, -0.15) is 0 Å². The van der Waals surface area contributed by atoms with Gasteiger partial charge in [0.15, 0.2) is 12.2 Å². The molecule has 2 fully saturated rings. The molecule has 3 unspecified atom stereocenters. The summed E-state index contributed by atoms with van der Waals surface area (Å²) in [5.41, 5.74) is 0.424. The summed E-state index contributed by atoms with van der Waals surface area (Å²) < 4.78 is 48.7. The summed E-state index contributed by atoms with van der Waals surface area (Å²) in [5.74, 6) is -0.920. The zero-order chi connectivity index (χ0) is 35.5. The fourth-order valence-corrected chi connectivity index (χ4v) is 4.96. The van der Waals surface area contributed by atoms with Crippen molar-refractivity contribution in [3.05, 3.63) is 96.6 Å². The molecule has 50 heavy (non-hydrogen) atoms. The first-order valence-electron chi connectivity index (χ1n) is 15.6. The Morgan fingerprint density at radius 2 is 1.16 bits per heavy atom. The Kier molecular flexibility index (Phi) is 12.2. The molecule has 3 aromatic rings. The Bertz CT molecular complexity index is 1670. The van der Waals surface area contributed by atoms with Gasteiger partial charge in [-0.3, -0.25) is 4.79 Å². The third kappa shape index (κ3) is 9.90. The summed E-state index contributed by atoms with van der Waals surface area (Å²) >= 11 is 0. The molecule has 2 heterocycles. The number of hydrogen-bond acceptors (Lipinski definition) is 14. The summed E-state index contributed by atoms with van der Waals surface area (Å²) in [4.78, 5) is 59.5. The van der Waals surface area contributed by atoms with Crippen LogP contribution in [0.3, 0.4) is 0 Å². The monoisotopic (exact) mass is 690 g/mol. The fourth-order valence-electron chi connectivity index (χ4n) is 4.96. The summed E-state index contributed by atoms with van der Waals surface area (Å²) in [6, 6.07) is 18.1. The summed E-state index contributed by atoms with van der Waals surface area (Å²) in [6.07, 6.45) is -0.932. The second-order valence-corrected chi connectivity index (χ2v) is 11.0. The molecule has 5 rings (SSSR count). The first-order valence-corrected chi connectivity index (χ1v) is 15.6. The molecule has 2 saturated heterocycles. The Hall–Kier alpha value is -5.73. The smallest absolute Gasteiger partial charge is 0.485 e. The normalized spacial score (nSPS) is 19.0. The molecule has 0 aliphatic carbocycles. The van der Waals surface area contributed by atoms with Crippen LogP contribution in [0, 0.1) is 0 Å². The summed E-state index contributed by atoms with van der Waals surface area (Å²) in [5, 5.41) is 0. The first kappa shape index (κ1) is 35.6. The van der Waals surface area contributed by atoms with Gasteiger partial charge >= 0.3 is 30.0 Å². The molecule has 0 bridgehead atoms. The maximum Gasteiger partial charge on any atom is 0.513 e. The van der Waals surface area contributed by atoms with E-state index < -0.39 is 54.4 Å². The van der Waals surface area contributed by atoms with Crippen LogP contribution in [0.1, 0.15) is 40.5 Å². The lowest BCUT2D eigenvalue weighted by molar-refractivity contribution is -0.138. The molecule has 0 spiro atoms. The number of rotatable bonds is 14. The van der Waals surface area contributed by atoms with E-state index in [1.54, 1.807) is 24.3 Å². The number of carbonyl (C=O) groups excluding carboxylic acids is 5. The van der Waals surface area contributed by atoms with Crippen LogP contribution in [0.5, 0.6) is 23.0 Å². The average Bonchev–Trinajstić information content (AvgIpc) is 3.70. The van der Waals surface area contributed by atoms with Crippen LogP contribution in [0.4, 0.5) is 4.79 Å². The minimum atomic E-state index is -0.919. The minimum Gasteiger partial charge on any atom is -0.485 e. The van der Waals surface area contributed by atoms with Gasteiger partial charge in [0.25, 0.3) is 0 Å². The Morgan fingerprint density at radius 1 is 0.660 bits per heavy atom. The van der Waals surface area contributed by atoms with Crippen molar-refractivity contribution in [1.29, 1.82) is 0 Å². The quantitative estimate of drug-likeness (QED) is 0.0573. The zero-order valence-corrected chi connectivity index (χ0v) is 27.0. The first-order chi connectivity index (χ1) is 24.2. The molecular weight excluding hydrogens is 656 g/mol. The number of carbonyl (C=O) groups is 5. The highest BCUT2D eigenvalue weighted by Crippen LogP contribution is 2.32. The van der Waals surface area contributed by atoms with Gasteiger partial charge in [-0.25, -0.2) is 19.2 Å². The molecule has 0 saturated carbocycles. The number of ether oxygens (including phenoxy) is 9.